The van der Waals surface area contributed by atoms with E-state index >= 15 is 0 Å². The van der Waals surface area contributed by atoms with E-state index in [-0.39, 0.29) is 0 Å². The van der Waals surface area contributed by atoms with Crippen LogP contribution >= 0.6 is 11.8 Å². The Balaban J connectivity index is 1.86. The van der Waals surface area contributed by atoms with Crippen LogP contribution in [0.4, 0.5) is 0 Å². The Bertz CT molecular complexity index is 1020. The van der Waals surface area contributed by atoms with E-state index in [0.29, 0.717) is 6.61 Å². The van der Waals surface area contributed by atoms with Gasteiger partial charge in [0, 0.05) is 28.4 Å². The van der Waals surface area contributed by atoms with Gasteiger partial charge in [0.05, 0.1) is 6.61 Å². The Hall–Kier alpha value is -2.73. The average Bonchev–Trinajstić information content (AvgIpc) is 3.27. The second-order valence-electron chi connectivity index (χ2n) is 5.75. The number of nitrogens with one attached hydrogen (secondary N) is 1. The zero-order valence-corrected chi connectivity index (χ0v) is 15.6. The van der Waals surface area contributed by atoms with E-state index in [1.54, 1.807) is 11.8 Å². The van der Waals surface area contributed by atoms with E-state index in [0.717, 1.165) is 44.6 Å². The maximum absolute atomic E-state index is 5.57. The number of aromatic amines is 1. The molecular weight excluding hydrogens is 344 g/mol. The Labute approximate surface area is 156 Å². The van der Waals surface area contributed by atoms with Crippen LogP contribution < -0.4 is 4.74 Å². The number of fused-ring (bicyclic) bond motifs is 1. The molecule has 0 spiro atoms. The molecule has 0 aliphatic rings. The molecule has 2 aromatic carbocycles. The number of thioether (sulfide) groups is 1. The normalized spacial score (nSPS) is 11.2. The fraction of sp³-hybridized carbons (Fsp3) is 0.200. The van der Waals surface area contributed by atoms with Crippen LogP contribution in [0.3, 0.4) is 0 Å². The molecule has 0 fully saturated rings. The third-order valence-electron chi connectivity index (χ3n) is 4.14. The number of hydrogen-bond acceptors (Lipinski definition) is 4. The predicted molar refractivity (Wildman–Crippen MR) is 106 cm³/mol. The monoisotopic (exact) mass is 364 g/mol. The minimum atomic E-state index is 0.656. The van der Waals surface area contributed by atoms with Crippen LogP contribution in [0.25, 0.3) is 28.0 Å². The lowest BCUT2D eigenvalue weighted by molar-refractivity contribution is 0.340. The van der Waals surface area contributed by atoms with Gasteiger partial charge in [0.25, 0.3) is 0 Å². The smallest absolute Gasteiger partial charge is 0.196 e. The third-order valence-corrected chi connectivity index (χ3v) is 4.95. The number of hydrogen-bond donors (Lipinski definition) is 1. The predicted octanol–water partition coefficient (Wildman–Crippen LogP) is 4.93. The van der Waals surface area contributed by atoms with E-state index < -0.39 is 0 Å². The largest absolute Gasteiger partial charge is 0.494 e. The standard InChI is InChI=1S/C20H20N4OS/c1-3-25-15-11-9-14(10-12-15)24-19(22-23-20(24)26-4-2)17-13-21-18-8-6-5-7-16(17)18/h5-13,21H,3-4H2,1-2H3. The molecule has 4 rings (SSSR count). The lowest BCUT2D eigenvalue weighted by atomic mass is 10.1. The quantitative estimate of drug-likeness (QED) is 0.493. The van der Waals surface area contributed by atoms with Crippen LogP contribution in [-0.2, 0) is 0 Å². The number of ether oxygens (including phenoxy) is 1. The van der Waals surface area contributed by atoms with Crippen molar-refractivity contribution in [1.29, 1.82) is 0 Å². The van der Waals surface area contributed by atoms with E-state index in [9.17, 15) is 0 Å². The molecule has 0 amide bonds. The average molecular weight is 364 g/mol. The number of H-pyrrole nitrogens is 1. The highest BCUT2D eigenvalue weighted by molar-refractivity contribution is 7.99. The van der Waals surface area contributed by atoms with Crippen LogP contribution in [0, 0.1) is 0 Å². The first-order valence-corrected chi connectivity index (χ1v) is 9.68. The summed E-state index contributed by atoms with van der Waals surface area (Å²) in [5.74, 6) is 2.63. The summed E-state index contributed by atoms with van der Waals surface area (Å²) in [5.41, 5.74) is 3.16. The fourth-order valence-corrected chi connectivity index (χ4v) is 3.69. The van der Waals surface area contributed by atoms with Gasteiger partial charge in [-0.25, -0.2) is 0 Å². The van der Waals surface area contributed by atoms with Gasteiger partial charge in [-0.05, 0) is 43.0 Å². The first-order chi connectivity index (χ1) is 12.8. The summed E-state index contributed by atoms with van der Waals surface area (Å²) >= 11 is 1.68. The second-order valence-corrected chi connectivity index (χ2v) is 6.98. The Morgan fingerprint density at radius 3 is 2.62 bits per heavy atom. The third kappa shape index (κ3) is 2.97. The Kier molecular flexibility index (Phi) is 4.67. The lowest BCUT2D eigenvalue weighted by Crippen LogP contribution is -2.00. The SMILES string of the molecule is CCOc1ccc(-n2c(SCC)nnc2-c2c[nH]c3ccccc23)cc1. The molecule has 0 aliphatic carbocycles. The van der Waals surface area contributed by atoms with Crippen molar-refractivity contribution < 1.29 is 4.74 Å². The van der Waals surface area contributed by atoms with Gasteiger partial charge in [-0.15, -0.1) is 10.2 Å². The van der Waals surface area contributed by atoms with Gasteiger partial charge in [0.15, 0.2) is 11.0 Å². The van der Waals surface area contributed by atoms with Gasteiger partial charge >= 0.3 is 0 Å². The summed E-state index contributed by atoms with van der Waals surface area (Å²) in [4.78, 5) is 3.32. The number of para-hydroxylation sites is 1. The Morgan fingerprint density at radius 1 is 1.04 bits per heavy atom. The van der Waals surface area contributed by atoms with Crippen molar-refractivity contribution in [3.8, 4) is 22.8 Å². The molecule has 0 unspecified atom stereocenters. The topological polar surface area (TPSA) is 55.7 Å². The molecule has 0 saturated carbocycles. The van der Waals surface area contributed by atoms with Gasteiger partial charge < -0.3 is 9.72 Å². The molecule has 4 aromatic rings. The van der Waals surface area contributed by atoms with Crippen molar-refractivity contribution in [2.45, 2.75) is 19.0 Å². The number of benzene rings is 2. The minimum absolute atomic E-state index is 0.656. The summed E-state index contributed by atoms with van der Waals surface area (Å²) in [7, 11) is 0. The van der Waals surface area contributed by atoms with E-state index in [4.69, 9.17) is 4.74 Å². The van der Waals surface area contributed by atoms with Crippen LogP contribution in [0.5, 0.6) is 5.75 Å². The van der Waals surface area contributed by atoms with Crippen molar-refractivity contribution in [2.24, 2.45) is 0 Å². The molecule has 2 heterocycles. The molecule has 1 N–H and O–H groups in total. The van der Waals surface area contributed by atoms with Crippen LogP contribution in [0.1, 0.15) is 13.8 Å². The number of nitrogens with zero attached hydrogens (tertiary/aromatic N) is 3. The van der Waals surface area contributed by atoms with Gasteiger partial charge in [-0.3, -0.25) is 4.57 Å². The van der Waals surface area contributed by atoms with Crippen LogP contribution in [0.15, 0.2) is 59.9 Å². The van der Waals surface area contributed by atoms with E-state index in [1.165, 1.54) is 0 Å². The lowest BCUT2D eigenvalue weighted by Gasteiger charge is -2.10. The molecule has 0 atom stereocenters. The molecule has 132 valence electrons. The number of rotatable bonds is 6. The van der Waals surface area contributed by atoms with Crippen LogP contribution in [0.2, 0.25) is 0 Å². The first-order valence-electron chi connectivity index (χ1n) is 8.69. The molecule has 0 radical (unpaired) electrons. The molecule has 0 bridgehead atoms. The molecule has 2 aromatic heterocycles. The summed E-state index contributed by atoms with van der Waals surface area (Å²) in [6.07, 6.45) is 2.00. The van der Waals surface area contributed by atoms with Gasteiger partial charge in [-0.1, -0.05) is 36.9 Å². The molecule has 0 saturated heterocycles. The molecule has 26 heavy (non-hydrogen) atoms. The van der Waals surface area contributed by atoms with Gasteiger partial charge in [0.1, 0.15) is 5.75 Å². The van der Waals surface area contributed by atoms with E-state index in [1.807, 2.05) is 49.5 Å². The fourth-order valence-electron chi connectivity index (χ4n) is 3.01. The molecule has 0 aliphatic heterocycles. The highest BCUT2D eigenvalue weighted by Crippen LogP contribution is 2.32. The highest BCUT2D eigenvalue weighted by atomic mass is 32.2. The molecule has 5 nitrogen and oxygen atoms in total. The zero-order valence-electron chi connectivity index (χ0n) is 14.8. The summed E-state index contributed by atoms with van der Waals surface area (Å²) in [6.45, 7) is 4.76. The zero-order chi connectivity index (χ0) is 17.9. The van der Waals surface area contributed by atoms with E-state index in [2.05, 4.69) is 38.8 Å². The van der Waals surface area contributed by atoms with Crippen molar-refractivity contribution in [3.63, 3.8) is 0 Å². The maximum Gasteiger partial charge on any atom is 0.196 e. The Morgan fingerprint density at radius 2 is 1.85 bits per heavy atom. The van der Waals surface area contributed by atoms with Crippen molar-refractivity contribution >= 4 is 22.7 Å². The second kappa shape index (κ2) is 7.25. The molecular formula is C20H20N4OS. The van der Waals surface area contributed by atoms with Crippen LogP contribution in [-0.4, -0.2) is 32.1 Å². The summed E-state index contributed by atoms with van der Waals surface area (Å²) in [6, 6.07) is 16.3. The summed E-state index contributed by atoms with van der Waals surface area (Å²) < 4.78 is 7.68. The first kappa shape index (κ1) is 16.7. The van der Waals surface area contributed by atoms with Crippen molar-refractivity contribution in [3.05, 3.63) is 54.7 Å². The highest BCUT2D eigenvalue weighted by Gasteiger charge is 2.18. The summed E-state index contributed by atoms with van der Waals surface area (Å²) in [5, 5.41) is 11.0. The minimum Gasteiger partial charge on any atom is -0.494 e. The van der Waals surface area contributed by atoms with Gasteiger partial charge in [0.2, 0.25) is 0 Å². The van der Waals surface area contributed by atoms with Gasteiger partial charge in [-0.2, -0.15) is 0 Å². The molecule has 6 heteroatoms. The number of aromatic nitrogens is 4. The van der Waals surface area contributed by atoms with Crippen molar-refractivity contribution in [1.82, 2.24) is 19.7 Å². The maximum atomic E-state index is 5.57. The van der Waals surface area contributed by atoms with Crippen molar-refractivity contribution in [2.75, 3.05) is 12.4 Å².